The summed E-state index contributed by atoms with van der Waals surface area (Å²) in [6.07, 6.45) is 1.24. The van der Waals surface area contributed by atoms with Crippen LogP contribution in [0, 0.1) is 25.2 Å². The summed E-state index contributed by atoms with van der Waals surface area (Å²) < 4.78 is 5.65. The number of nitriles is 1. The SMILES string of the molecule is Cc1cc(C#N)cc(C)c1Oc1cc(C(=O)O)c(N)cn1. The van der Waals surface area contributed by atoms with Gasteiger partial charge >= 0.3 is 5.97 Å². The van der Waals surface area contributed by atoms with Gasteiger partial charge in [-0.3, -0.25) is 0 Å². The Morgan fingerprint density at radius 2 is 1.95 bits per heavy atom. The molecule has 2 aromatic rings. The highest BCUT2D eigenvalue weighted by Crippen LogP contribution is 2.29. The van der Waals surface area contributed by atoms with Gasteiger partial charge in [0.25, 0.3) is 0 Å². The number of hydrogen-bond acceptors (Lipinski definition) is 5. The first kappa shape index (κ1) is 14.3. The van der Waals surface area contributed by atoms with E-state index in [1.807, 2.05) is 0 Å². The maximum Gasteiger partial charge on any atom is 0.338 e. The number of nitrogen functional groups attached to an aromatic ring is 1. The van der Waals surface area contributed by atoms with Crippen LogP contribution in [0.25, 0.3) is 0 Å². The molecule has 0 amide bonds. The first-order valence-electron chi connectivity index (χ1n) is 6.10. The van der Waals surface area contributed by atoms with Gasteiger partial charge in [0, 0.05) is 6.07 Å². The van der Waals surface area contributed by atoms with E-state index >= 15 is 0 Å². The minimum absolute atomic E-state index is 0.0658. The average Bonchev–Trinajstić information content (AvgIpc) is 2.43. The zero-order valence-electron chi connectivity index (χ0n) is 11.5. The van der Waals surface area contributed by atoms with Crippen molar-refractivity contribution in [2.75, 3.05) is 5.73 Å². The number of ether oxygens (including phenoxy) is 1. The Morgan fingerprint density at radius 1 is 1.33 bits per heavy atom. The molecule has 0 aliphatic heterocycles. The van der Waals surface area contributed by atoms with Crippen LogP contribution in [0.1, 0.15) is 27.0 Å². The zero-order chi connectivity index (χ0) is 15.6. The van der Waals surface area contributed by atoms with Crippen molar-refractivity contribution in [2.45, 2.75) is 13.8 Å². The quantitative estimate of drug-likeness (QED) is 0.896. The van der Waals surface area contributed by atoms with E-state index in [0.717, 1.165) is 11.1 Å². The van der Waals surface area contributed by atoms with Gasteiger partial charge in [0.2, 0.25) is 5.88 Å². The molecular weight excluding hydrogens is 270 g/mol. The van der Waals surface area contributed by atoms with Crippen LogP contribution in [0.5, 0.6) is 11.6 Å². The number of aromatic carboxylic acids is 1. The van der Waals surface area contributed by atoms with E-state index in [0.29, 0.717) is 11.3 Å². The summed E-state index contributed by atoms with van der Waals surface area (Å²) in [5.41, 5.74) is 7.62. The van der Waals surface area contributed by atoms with Crippen LogP contribution in [-0.4, -0.2) is 16.1 Å². The highest BCUT2D eigenvalue weighted by atomic mass is 16.5. The lowest BCUT2D eigenvalue weighted by Crippen LogP contribution is -2.04. The molecule has 0 saturated carbocycles. The fourth-order valence-corrected chi connectivity index (χ4v) is 1.97. The summed E-state index contributed by atoms with van der Waals surface area (Å²) >= 11 is 0. The minimum atomic E-state index is -1.15. The van der Waals surface area contributed by atoms with E-state index in [-0.39, 0.29) is 17.1 Å². The first-order chi connectivity index (χ1) is 9.92. The summed E-state index contributed by atoms with van der Waals surface area (Å²) in [5, 5.41) is 17.9. The lowest BCUT2D eigenvalue weighted by atomic mass is 10.1. The fraction of sp³-hybridized carbons (Fsp3) is 0.133. The van der Waals surface area contributed by atoms with Crippen molar-refractivity contribution in [3.8, 4) is 17.7 Å². The summed E-state index contributed by atoms with van der Waals surface area (Å²) in [6, 6.07) is 6.72. The number of carbonyl (C=O) groups is 1. The van der Waals surface area contributed by atoms with Crippen LogP contribution >= 0.6 is 0 Å². The number of anilines is 1. The Kier molecular flexibility index (Phi) is 3.76. The number of aryl methyl sites for hydroxylation is 2. The molecule has 0 aliphatic rings. The van der Waals surface area contributed by atoms with Crippen molar-refractivity contribution in [3.63, 3.8) is 0 Å². The Morgan fingerprint density at radius 3 is 2.48 bits per heavy atom. The summed E-state index contributed by atoms with van der Waals surface area (Å²) in [5.74, 6) is -0.465. The van der Waals surface area contributed by atoms with Gasteiger partial charge < -0.3 is 15.6 Å². The van der Waals surface area contributed by atoms with E-state index in [2.05, 4.69) is 11.1 Å². The molecular formula is C15H13N3O3. The van der Waals surface area contributed by atoms with Gasteiger partial charge in [0.05, 0.1) is 29.1 Å². The predicted molar refractivity (Wildman–Crippen MR) is 76.3 cm³/mol. The zero-order valence-corrected chi connectivity index (χ0v) is 11.5. The Labute approximate surface area is 121 Å². The predicted octanol–water partition coefficient (Wildman–Crippen LogP) is 2.64. The third kappa shape index (κ3) is 2.92. The van der Waals surface area contributed by atoms with E-state index in [4.69, 9.17) is 20.8 Å². The first-order valence-corrected chi connectivity index (χ1v) is 6.10. The van der Waals surface area contributed by atoms with Crippen molar-refractivity contribution >= 4 is 11.7 Å². The molecule has 1 aromatic carbocycles. The summed E-state index contributed by atoms with van der Waals surface area (Å²) in [4.78, 5) is 15.0. The molecule has 6 heteroatoms. The second-order valence-corrected chi connectivity index (χ2v) is 4.57. The molecule has 0 bridgehead atoms. The van der Waals surface area contributed by atoms with Crippen LogP contribution in [-0.2, 0) is 0 Å². The van der Waals surface area contributed by atoms with Crippen molar-refractivity contribution in [3.05, 3.63) is 46.6 Å². The van der Waals surface area contributed by atoms with Gasteiger partial charge in [-0.15, -0.1) is 0 Å². The summed E-state index contributed by atoms with van der Waals surface area (Å²) in [6.45, 7) is 3.61. The number of nitrogens with two attached hydrogens (primary N) is 1. The van der Waals surface area contributed by atoms with Gasteiger partial charge in [-0.2, -0.15) is 5.26 Å². The van der Waals surface area contributed by atoms with E-state index in [1.165, 1.54) is 12.3 Å². The molecule has 106 valence electrons. The molecule has 0 atom stereocenters. The molecule has 0 aliphatic carbocycles. The molecule has 0 radical (unpaired) electrons. The molecule has 3 N–H and O–H groups in total. The van der Waals surface area contributed by atoms with Gasteiger partial charge in [-0.05, 0) is 37.1 Å². The van der Waals surface area contributed by atoms with Gasteiger partial charge in [0.15, 0.2) is 0 Å². The molecule has 0 saturated heterocycles. The van der Waals surface area contributed by atoms with Gasteiger partial charge in [0.1, 0.15) is 5.75 Å². The largest absolute Gasteiger partial charge is 0.478 e. The third-order valence-corrected chi connectivity index (χ3v) is 2.94. The second kappa shape index (κ2) is 5.51. The molecule has 0 unspecified atom stereocenters. The average molecular weight is 283 g/mol. The number of hydrogen-bond donors (Lipinski definition) is 2. The number of pyridine rings is 1. The van der Waals surface area contributed by atoms with Crippen LogP contribution in [0.4, 0.5) is 5.69 Å². The number of rotatable bonds is 3. The molecule has 0 spiro atoms. The Balaban J connectivity index is 2.42. The van der Waals surface area contributed by atoms with Crippen molar-refractivity contribution in [1.82, 2.24) is 4.98 Å². The van der Waals surface area contributed by atoms with Crippen LogP contribution in [0.15, 0.2) is 24.4 Å². The number of nitrogens with zero attached hydrogens (tertiary/aromatic N) is 2. The lowest BCUT2D eigenvalue weighted by molar-refractivity contribution is 0.0697. The molecule has 21 heavy (non-hydrogen) atoms. The monoisotopic (exact) mass is 283 g/mol. The number of carboxylic acid groups (broad SMARTS) is 1. The maximum atomic E-state index is 11.0. The second-order valence-electron chi connectivity index (χ2n) is 4.57. The van der Waals surface area contributed by atoms with Gasteiger partial charge in [-0.25, -0.2) is 9.78 Å². The molecule has 1 heterocycles. The van der Waals surface area contributed by atoms with Crippen molar-refractivity contribution < 1.29 is 14.6 Å². The Bertz CT molecular complexity index is 740. The third-order valence-electron chi connectivity index (χ3n) is 2.94. The van der Waals surface area contributed by atoms with Crippen molar-refractivity contribution in [2.24, 2.45) is 0 Å². The normalized spacial score (nSPS) is 9.95. The molecule has 2 rings (SSSR count). The number of aromatic nitrogens is 1. The maximum absolute atomic E-state index is 11.0. The lowest BCUT2D eigenvalue weighted by Gasteiger charge is -2.12. The van der Waals surface area contributed by atoms with Crippen molar-refractivity contribution in [1.29, 1.82) is 5.26 Å². The van der Waals surface area contributed by atoms with E-state index < -0.39 is 5.97 Å². The minimum Gasteiger partial charge on any atom is -0.478 e. The topological polar surface area (TPSA) is 109 Å². The molecule has 1 aromatic heterocycles. The smallest absolute Gasteiger partial charge is 0.338 e. The molecule has 0 fully saturated rings. The van der Waals surface area contributed by atoms with Gasteiger partial charge in [-0.1, -0.05) is 0 Å². The number of carboxylic acids is 1. The Hall–Kier alpha value is -3.07. The summed E-state index contributed by atoms with van der Waals surface area (Å²) in [7, 11) is 0. The highest BCUT2D eigenvalue weighted by molar-refractivity contribution is 5.93. The van der Waals surface area contributed by atoms with Crippen LogP contribution < -0.4 is 10.5 Å². The number of benzene rings is 1. The standard InChI is InChI=1S/C15H13N3O3/c1-8-3-10(6-16)4-9(2)14(8)21-13-5-11(15(19)20)12(17)7-18-13/h3-5,7H,17H2,1-2H3,(H,19,20). The van der Waals surface area contributed by atoms with Crippen LogP contribution in [0.3, 0.4) is 0 Å². The highest BCUT2D eigenvalue weighted by Gasteiger charge is 2.13. The van der Waals surface area contributed by atoms with E-state index in [9.17, 15) is 4.79 Å². The fourth-order valence-electron chi connectivity index (χ4n) is 1.97. The van der Waals surface area contributed by atoms with Crippen LogP contribution in [0.2, 0.25) is 0 Å². The molecule has 6 nitrogen and oxygen atoms in total. The van der Waals surface area contributed by atoms with E-state index in [1.54, 1.807) is 26.0 Å².